The third-order valence-corrected chi connectivity index (χ3v) is 4.52. The fourth-order valence-electron chi connectivity index (χ4n) is 2.42. The molecule has 24 heavy (non-hydrogen) atoms. The Morgan fingerprint density at radius 3 is 2.79 bits per heavy atom. The van der Waals surface area contributed by atoms with Gasteiger partial charge >= 0.3 is 0 Å². The summed E-state index contributed by atoms with van der Waals surface area (Å²) in [6, 6.07) is 0. The third kappa shape index (κ3) is 8.59. The lowest BCUT2D eigenvalue weighted by Gasteiger charge is -2.22. The van der Waals surface area contributed by atoms with Gasteiger partial charge in [0.05, 0.1) is 16.8 Å². The standard InChI is InChI=1S/C16H28N4O2S.HI/c1-13-20-14(12-23-13)4-8-19-16(17-2)18-7-3-9-22-15-5-10-21-11-6-15;/h12,15H,3-11H2,1-2H3,(H2,17,18,19);1H. The Kier molecular flexibility index (Phi) is 11.6. The minimum Gasteiger partial charge on any atom is -0.381 e. The summed E-state index contributed by atoms with van der Waals surface area (Å²) in [5, 5.41) is 9.86. The van der Waals surface area contributed by atoms with Gasteiger partial charge in [-0.25, -0.2) is 4.98 Å². The Balaban J connectivity index is 0.00000288. The summed E-state index contributed by atoms with van der Waals surface area (Å²) in [7, 11) is 1.79. The molecule has 2 heterocycles. The third-order valence-electron chi connectivity index (χ3n) is 3.70. The maximum Gasteiger partial charge on any atom is 0.190 e. The van der Waals surface area contributed by atoms with E-state index in [4.69, 9.17) is 9.47 Å². The number of halogens is 1. The number of thiazole rings is 1. The largest absolute Gasteiger partial charge is 0.381 e. The fourth-order valence-corrected chi connectivity index (χ4v) is 3.07. The molecule has 0 amide bonds. The topological polar surface area (TPSA) is 67.8 Å². The smallest absolute Gasteiger partial charge is 0.190 e. The van der Waals surface area contributed by atoms with Crippen molar-refractivity contribution in [2.75, 3.05) is 40.0 Å². The average Bonchev–Trinajstić information content (AvgIpc) is 2.99. The van der Waals surface area contributed by atoms with Gasteiger partial charge in [-0.3, -0.25) is 4.99 Å². The second-order valence-electron chi connectivity index (χ2n) is 5.57. The monoisotopic (exact) mass is 468 g/mol. The number of hydrogen-bond donors (Lipinski definition) is 2. The highest BCUT2D eigenvalue weighted by molar-refractivity contribution is 14.0. The molecular weight excluding hydrogens is 439 g/mol. The Morgan fingerprint density at radius 2 is 2.12 bits per heavy atom. The van der Waals surface area contributed by atoms with E-state index >= 15 is 0 Å². The molecule has 1 aromatic rings. The van der Waals surface area contributed by atoms with E-state index in [9.17, 15) is 0 Å². The van der Waals surface area contributed by atoms with Crippen molar-refractivity contribution < 1.29 is 9.47 Å². The van der Waals surface area contributed by atoms with Crippen LogP contribution in [0.15, 0.2) is 10.4 Å². The summed E-state index contributed by atoms with van der Waals surface area (Å²) >= 11 is 1.69. The zero-order valence-electron chi connectivity index (χ0n) is 14.5. The van der Waals surface area contributed by atoms with Crippen LogP contribution in [0.4, 0.5) is 0 Å². The molecule has 0 radical (unpaired) electrons. The molecule has 1 aliphatic rings. The maximum absolute atomic E-state index is 5.85. The van der Waals surface area contributed by atoms with Gasteiger partial charge in [0.25, 0.3) is 0 Å². The number of aryl methyl sites for hydroxylation is 1. The van der Waals surface area contributed by atoms with E-state index in [1.54, 1.807) is 18.4 Å². The van der Waals surface area contributed by atoms with E-state index < -0.39 is 0 Å². The van der Waals surface area contributed by atoms with Gasteiger partial charge in [-0.05, 0) is 26.2 Å². The molecule has 1 aliphatic heterocycles. The van der Waals surface area contributed by atoms with Gasteiger partial charge in [0.1, 0.15) is 0 Å². The molecule has 0 unspecified atom stereocenters. The molecule has 2 N–H and O–H groups in total. The SMILES string of the molecule is CN=C(NCCCOC1CCOCC1)NCCc1csc(C)n1.I. The average molecular weight is 468 g/mol. The lowest BCUT2D eigenvalue weighted by Crippen LogP contribution is -2.39. The van der Waals surface area contributed by atoms with Crippen LogP contribution in [-0.2, 0) is 15.9 Å². The predicted octanol–water partition coefficient (Wildman–Crippen LogP) is 2.36. The van der Waals surface area contributed by atoms with Crippen LogP contribution in [0, 0.1) is 6.92 Å². The summed E-state index contributed by atoms with van der Waals surface area (Å²) < 4.78 is 11.2. The first kappa shape index (κ1) is 21.6. The molecule has 2 rings (SSSR count). The maximum atomic E-state index is 5.85. The second kappa shape index (κ2) is 12.8. The predicted molar refractivity (Wildman–Crippen MR) is 110 cm³/mol. The van der Waals surface area contributed by atoms with Crippen molar-refractivity contribution in [1.82, 2.24) is 15.6 Å². The van der Waals surface area contributed by atoms with Gasteiger partial charge in [0, 0.05) is 51.8 Å². The van der Waals surface area contributed by atoms with Crippen molar-refractivity contribution in [1.29, 1.82) is 0 Å². The molecule has 0 spiro atoms. The minimum absolute atomic E-state index is 0. The van der Waals surface area contributed by atoms with Crippen molar-refractivity contribution in [2.45, 2.75) is 38.7 Å². The Hall–Kier alpha value is -0.450. The van der Waals surface area contributed by atoms with Crippen molar-refractivity contribution in [3.05, 3.63) is 16.1 Å². The number of nitrogens with one attached hydrogen (secondary N) is 2. The van der Waals surface area contributed by atoms with Crippen molar-refractivity contribution in [3.8, 4) is 0 Å². The van der Waals surface area contributed by atoms with Gasteiger partial charge < -0.3 is 20.1 Å². The van der Waals surface area contributed by atoms with Gasteiger partial charge in [-0.15, -0.1) is 35.3 Å². The molecule has 138 valence electrons. The lowest BCUT2D eigenvalue weighted by molar-refractivity contribution is -0.0320. The van der Waals surface area contributed by atoms with Crippen LogP contribution in [0.5, 0.6) is 0 Å². The molecule has 1 fully saturated rings. The summed E-state index contributed by atoms with van der Waals surface area (Å²) in [4.78, 5) is 8.69. The van der Waals surface area contributed by atoms with Crippen molar-refractivity contribution >= 4 is 41.3 Å². The molecule has 0 saturated carbocycles. The number of aliphatic imine (C=N–C) groups is 1. The molecule has 0 aliphatic carbocycles. The summed E-state index contributed by atoms with van der Waals surface area (Å²) in [6.45, 7) is 6.17. The zero-order valence-corrected chi connectivity index (χ0v) is 17.7. The molecule has 8 heteroatoms. The first-order valence-electron chi connectivity index (χ1n) is 8.33. The molecular formula is C16H29IN4O2S. The molecule has 0 aromatic carbocycles. The molecule has 0 bridgehead atoms. The molecule has 0 atom stereocenters. The Labute approximate surface area is 165 Å². The number of aromatic nitrogens is 1. The van der Waals surface area contributed by atoms with Gasteiger partial charge in [0.2, 0.25) is 0 Å². The Bertz CT molecular complexity index is 478. The van der Waals surface area contributed by atoms with E-state index in [0.717, 1.165) is 75.3 Å². The van der Waals surface area contributed by atoms with Crippen LogP contribution in [-0.4, -0.2) is 57.0 Å². The number of guanidine groups is 1. The van der Waals surface area contributed by atoms with Crippen molar-refractivity contribution in [2.24, 2.45) is 4.99 Å². The quantitative estimate of drug-likeness (QED) is 0.266. The number of rotatable bonds is 8. The summed E-state index contributed by atoms with van der Waals surface area (Å²) in [6.07, 6.45) is 4.31. The second-order valence-corrected chi connectivity index (χ2v) is 6.63. The molecule has 6 nitrogen and oxygen atoms in total. The van der Waals surface area contributed by atoms with E-state index in [1.165, 1.54) is 0 Å². The van der Waals surface area contributed by atoms with Gasteiger partial charge in [-0.2, -0.15) is 0 Å². The van der Waals surface area contributed by atoms with Crippen LogP contribution < -0.4 is 10.6 Å². The van der Waals surface area contributed by atoms with Crippen LogP contribution in [0.1, 0.15) is 30.0 Å². The van der Waals surface area contributed by atoms with Crippen LogP contribution >= 0.6 is 35.3 Å². The first-order valence-corrected chi connectivity index (χ1v) is 9.21. The van der Waals surface area contributed by atoms with Crippen LogP contribution in [0.2, 0.25) is 0 Å². The fraction of sp³-hybridized carbons (Fsp3) is 0.750. The van der Waals surface area contributed by atoms with Gasteiger partial charge in [0.15, 0.2) is 5.96 Å². The summed E-state index contributed by atoms with van der Waals surface area (Å²) in [5.74, 6) is 0.836. The summed E-state index contributed by atoms with van der Waals surface area (Å²) in [5.41, 5.74) is 1.14. The van der Waals surface area contributed by atoms with E-state index in [-0.39, 0.29) is 24.0 Å². The van der Waals surface area contributed by atoms with E-state index in [0.29, 0.717) is 6.10 Å². The zero-order chi connectivity index (χ0) is 16.3. The minimum atomic E-state index is 0. The first-order chi connectivity index (χ1) is 11.3. The van der Waals surface area contributed by atoms with Gasteiger partial charge in [-0.1, -0.05) is 0 Å². The normalized spacial score (nSPS) is 15.8. The molecule has 1 saturated heterocycles. The van der Waals surface area contributed by atoms with Crippen molar-refractivity contribution in [3.63, 3.8) is 0 Å². The highest BCUT2D eigenvalue weighted by Crippen LogP contribution is 2.10. The highest BCUT2D eigenvalue weighted by Gasteiger charge is 2.13. The highest BCUT2D eigenvalue weighted by atomic mass is 127. The number of nitrogens with zero attached hydrogens (tertiary/aromatic N) is 2. The Morgan fingerprint density at radius 1 is 1.38 bits per heavy atom. The van der Waals surface area contributed by atoms with E-state index in [1.807, 2.05) is 6.92 Å². The van der Waals surface area contributed by atoms with E-state index in [2.05, 4.69) is 26.0 Å². The van der Waals surface area contributed by atoms with Crippen LogP contribution in [0.25, 0.3) is 0 Å². The number of hydrogen-bond acceptors (Lipinski definition) is 5. The van der Waals surface area contributed by atoms with Crippen LogP contribution in [0.3, 0.4) is 0 Å². The lowest BCUT2D eigenvalue weighted by atomic mass is 10.1. The molecule has 1 aromatic heterocycles. The number of ether oxygens (including phenoxy) is 2.